The van der Waals surface area contributed by atoms with E-state index >= 15 is 0 Å². The number of ether oxygens (including phenoxy) is 2. The fraction of sp³-hybridized carbons (Fsp3) is 0.538. The normalized spacial score (nSPS) is 24.1. The summed E-state index contributed by atoms with van der Waals surface area (Å²) in [5, 5.41) is 29.7. The van der Waals surface area contributed by atoms with E-state index in [1.807, 2.05) is 50.4 Å². The van der Waals surface area contributed by atoms with Crippen LogP contribution in [0.1, 0.15) is 30.9 Å². The van der Waals surface area contributed by atoms with Gasteiger partial charge in [-0.25, -0.2) is 4.98 Å². The maximum Gasteiger partial charge on any atom is 0.253 e. The van der Waals surface area contributed by atoms with Crippen molar-refractivity contribution in [3.8, 4) is 11.5 Å². The van der Waals surface area contributed by atoms with Crippen molar-refractivity contribution >= 4 is 11.7 Å². The minimum atomic E-state index is -1.47. The maximum atomic E-state index is 12.6. The van der Waals surface area contributed by atoms with Gasteiger partial charge in [0.15, 0.2) is 17.6 Å². The van der Waals surface area contributed by atoms with Gasteiger partial charge in [-0.2, -0.15) is 0 Å². The summed E-state index contributed by atoms with van der Waals surface area (Å²) >= 11 is 0. The molecule has 1 aromatic heterocycles. The fourth-order valence-electron chi connectivity index (χ4n) is 4.91. The molecule has 190 valence electrons. The Hall–Kier alpha value is -2.88. The number of anilines is 1. The highest BCUT2D eigenvalue weighted by Crippen LogP contribution is 2.47. The predicted molar refractivity (Wildman–Crippen MR) is 131 cm³/mol. The van der Waals surface area contributed by atoms with Crippen LogP contribution in [0, 0.1) is 12.3 Å². The van der Waals surface area contributed by atoms with E-state index in [4.69, 9.17) is 9.47 Å². The Bertz CT molecular complexity index is 1040. The first-order chi connectivity index (χ1) is 16.7. The van der Waals surface area contributed by atoms with Gasteiger partial charge in [-0.1, -0.05) is 19.1 Å². The summed E-state index contributed by atoms with van der Waals surface area (Å²) in [4.78, 5) is 20.7. The lowest BCUT2D eigenvalue weighted by molar-refractivity contribution is -0.141. The second kappa shape index (κ2) is 10.0. The molecule has 9 nitrogen and oxygen atoms in total. The van der Waals surface area contributed by atoms with Gasteiger partial charge in [0.25, 0.3) is 5.91 Å². The molecule has 3 heterocycles. The predicted octanol–water partition coefficient (Wildman–Crippen LogP) is 1.33. The molecule has 2 saturated heterocycles. The lowest BCUT2D eigenvalue weighted by Gasteiger charge is -2.40. The van der Waals surface area contributed by atoms with Crippen LogP contribution in [-0.2, 0) is 4.79 Å². The number of amides is 1. The van der Waals surface area contributed by atoms with Gasteiger partial charge in [-0.05, 0) is 43.2 Å². The summed E-state index contributed by atoms with van der Waals surface area (Å²) in [6.45, 7) is 7.03. The number of methoxy groups -OCH3 is 1. The topological polar surface area (TPSA) is 116 Å². The smallest absolute Gasteiger partial charge is 0.253 e. The number of aryl methyl sites for hydroxylation is 1. The highest BCUT2D eigenvalue weighted by molar-refractivity contribution is 5.81. The molecule has 4 atom stereocenters. The standard InChI is InChI=1S/C26H35N3O6/c1-16-5-8-24(27-10-16)28-11-19(12-28)35-23-9-18(6-7-22(23)34-4)20-13-29(25(33)21(32)14-30)15-26(20,3)17(2)31/h5-10,17,19-21,30-32H,11-15H2,1-4H3/t17-,20+,21+,26+/m1/s1. The molecule has 2 aliphatic rings. The third-order valence-electron chi connectivity index (χ3n) is 7.41. The van der Waals surface area contributed by atoms with Gasteiger partial charge in [0, 0.05) is 30.6 Å². The zero-order valence-electron chi connectivity index (χ0n) is 20.7. The molecule has 0 unspecified atom stereocenters. The number of pyridine rings is 1. The van der Waals surface area contributed by atoms with E-state index in [-0.39, 0.29) is 18.6 Å². The molecule has 1 aromatic carbocycles. The van der Waals surface area contributed by atoms with Gasteiger partial charge in [0.2, 0.25) is 0 Å². The highest BCUT2D eigenvalue weighted by atomic mass is 16.5. The van der Waals surface area contributed by atoms with E-state index in [9.17, 15) is 20.1 Å². The van der Waals surface area contributed by atoms with Crippen LogP contribution in [0.3, 0.4) is 0 Å². The number of carbonyl (C=O) groups is 1. The van der Waals surface area contributed by atoms with Crippen LogP contribution in [0.15, 0.2) is 36.5 Å². The first-order valence-electron chi connectivity index (χ1n) is 11.9. The van der Waals surface area contributed by atoms with E-state index in [0.29, 0.717) is 31.1 Å². The lowest BCUT2D eigenvalue weighted by atomic mass is 9.72. The summed E-state index contributed by atoms with van der Waals surface area (Å²) in [5.74, 6) is 1.41. The Morgan fingerprint density at radius 1 is 1.20 bits per heavy atom. The number of likely N-dealkylation sites (tertiary alicyclic amines) is 1. The molecule has 4 rings (SSSR count). The molecule has 2 fully saturated rings. The van der Waals surface area contributed by atoms with E-state index in [2.05, 4.69) is 9.88 Å². The number of benzene rings is 1. The van der Waals surface area contributed by atoms with E-state index < -0.39 is 30.1 Å². The second-order valence-electron chi connectivity index (χ2n) is 9.90. The summed E-state index contributed by atoms with van der Waals surface area (Å²) in [5.41, 5.74) is 1.39. The van der Waals surface area contributed by atoms with Crippen LogP contribution in [0.5, 0.6) is 11.5 Å². The first kappa shape index (κ1) is 25.2. The molecule has 9 heteroatoms. The second-order valence-corrected chi connectivity index (χ2v) is 9.90. The lowest BCUT2D eigenvalue weighted by Crippen LogP contribution is -2.54. The monoisotopic (exact) mass is 485 g/mol. The molecule has 1 amide bonds. The van der Waals surface area contributed by atoms with Crippen molar-refractivity contribution in [2.75, 3.05) is 44.8 Å². The number of aliphatic hydroxyl groups is 3. The Morgan fingerprint density at radius 2 is 1.94 bits per heavy atom. The van der Waals surface area contributed by atoms with Crippen molar-refractivity contribution in [1.29, 1.82) is 0 Å². The average Bonchev–Trinajstić information content (AvgIpc) is 3.19. The van der Waals surface area contributed by atoms with Crippen LogP contribution in [0.25, 0.3) is 0 Å². The molecule has 2 aromatic rings. The highest BCUT2D eigenvalue weighted by Gasteiger charge is 2.49. The number of nitrogens with zero attached hydrogens (tertiary/aromatic N) is 3. The SMILES string of the molecule is COc1ccc([C@@H]2CN(C(=O)[C@@H](O)CO)C[C@@]2(C)[C@@H](C)O)cc1OC1CN(c2ccc(C)cn2)C1. The molecule has 35 heavy (non-hydrogen) atoms. The number of aliphatic hydroxyl groups excluding tert-OH is 3. The molecular weight excluding hydrogens is 450 g/mol. The molecule has 2 aliphatic heterocycles. The summed E-state index contributed by atoms with van der Waals surface area (Å²) < 4.78 is 11.8. The van der Waals surface area contributed by atoms with Gasteiger partial charge < -0.3 is 34.6 Å². The Labute approximate surface area is 205 Å². The minimum Gasteiger partial charge on any atom is -0.493 e. The average molecular weight is 486 g/mol. The van der Waals surface area contributed by atoms with Crippen molar-refractivity contribution in [3.63, 3.8) is 0 Å². The number of aromatic nitrogens is 1. The minimum absolute atomic E-state index is 0.0215. The number of carbonyl (C=O) groups excluding carboxylic acids is 1. The van der Waals surface area contributed by atoms with Crippen molar-refractivity contribution in [2.45, 2.75) is 45.0 Å². The van der Waals surface area contributed by atoms with Crippen molar-refractivity contribution < 1.29 is 29.6 Å². The summed E-state index contributed by atoms with van der Waals surface area (Å²) in [6, 6.07) is 9.74. The Morgan fingerprint density at radius 3 is 2.54 bits per heavy atom. The Balaban J connectivity index is 1.52. The largest absolute Gasteiger partial charge is 0.493 e. The molecule has 0 bridgehead atoms. The third-order valence-corrected chi connectivity index (χ3v) is 7.41. The first-order valence-corrected chi connectivity index (χ1v) is 11.9. The molecular formula is C26H35N3O6. The van der Waals surface area contributed by atoms with Crippen LogP contribution in [-0.4, -0.2) is 89.3 Å². The van der Waals surface area contributed by atoms with Crippen LogP contribution < -0.4 is 14.4 Å². The van der Waals surface area contributed by atoms with E-state index in [1.54, 1.807) is 14.0 Å². The van der Waals surface area contributed by atoms with Gasteiger partial charge in [0.1, 0.15) is 11.9 Å². The molecule has 0 spiro atoms. The molecule has 3 N–H and O–H groups in total. The number of rotatable bonds is 8. The van der Waals surface area contributed by atoms with Crippen molar-refractivity contribution in [1.82, 2.24) is 9.88 Å². The van der Waals surface area contributed by atoms with Crippen LogP contribution in [0.2, 0.25) is 0 Å². The third kappa shape index (κ3) is 4.94. The van der Waals surface area contributed by atoms with Crippen molar-refractivity contribution in [3.05, 3.63) is 47.7 Å². The molecule has 0 aliphatic carbocycles. The molecule has 0 saturated carbocycles. The number of hydrogen-bond donors (Lipinski definition) is 3. The van der Waals surface area contributed by atoms with Gasteiger partial charge >= 0.3 is 0 Å². The van der Waals surface area contributed by atoms with Gasteiger partial charge in [0.05, 0.1) is 32.9 Å². The fourth-order valence-corrected chi connectivity index (χ4v) is 4.91. The van der Waals surface area contributed by atoms with Crippen molar-refractivity contribution in [2.24, 2.45) is 5.41 Å². The quantitative estimate of drug-likeness (QED) is 0.513. The number of hydrogen-bond acceptors (Lipinski definition) is 8. The maximum absolute atomic E-state index is 12.6. The van der Waals surface area contributed by atoms with Gasteiger partial charge in [-0.15, -0.1) is 0 Å². The van der Waals surface area contributed by atoms with E-state index in [0.717, 1.165) is 16.9 Å². The summed E-state index contributed by atoms with van der Waals surface area (Å²) in [7, 11) is 1.59. The van der Waals surface area contributed by atoms with Gasteiger partial charge in [-0.3, -0.25) is 4.79 Å². The van der Waals surface area contributed by atoms with Crippen LogP contribution >= 0.6 is 0 Å². The zero-order valence-corrected chi connectivity index (χ0v) is 20.7. The summed E-state index contributed by atoms with van der Waals surface area (Å²) in [6.07, 6.45) is -0.340. The van der Waals surface area contributed by atoms with Crippen LogP contribution in [0.4, 0.5) is 5.82 Å². The Kier molecular flexibility index (Phi) is 7.21. The molecule has 0 radical (unpaired) electrons. The van der Waals surface area contributed by atoms with E-state index in [1.165, 1.54) is 4.90 Å². The zero-order chi connectivity index (χ0) is 25.3.